The number of nitrogens with zero attached hydrogens (tertiary/aromatic N) is 3. The van der Waals surface area contributed by atoms with E-state index in [1.165, 1.54) is 12.1 Å². The highest BCUT2D eigenvalue weighted by Gasteiger charge is 2.27. The number of rotatable bonds is 3. The number of benzene rings is 1. The SMILES string of the molecule is CSc1nc(-c2cc(C(C)(C)C)cc([N+](=O)[O-])c2O)c(C#N)c(=O)[nH]1. The zero-order chi connectivity index (χ0) is 18.9. The van der Waals surface area contributed by atoms with Gasteiger partial charge in [-0.1, -0.05) is 32.5 Å². The number of aromatic amines is 1. The van der Waals surface area contributed by atoms with Crippen LogP contribution in [0.5, 0.6) is 5.75 Å². The number of nitro benzene ring substituents is 1. The number of phenols is 1. The molecule has 0 bridgehead atoms. The second-order valence-corrected chi connectivity index (χ2v) is 7.10. The van der Waals surface area contributed by atoms with Gasteiger partial charge in [0.05, 0.1) is 10.5 Å². The van der Waals surface area contributed by atoms with Gasteiger partial charge in [-0.15, -0.1) is 0 Å². The lowest BCUT2D eigenvalue weighted by Crippen LogP contribution is -2.16. The molecule has 0 saturated carbocycles. The molecule has 0 unspecified atom stereocenters. The average molecular weight is 360 g/mol. The van der Waals surface area contributed by atoms with Crippen LogP contribution in [0, 0.1) is 21.4 Å². The van der Waals surface area contributed by atoms with Gasteiger partial charge in [-0.25, -0.2) is 4.98 Å². The minimum absolute atomic E-state index is 0.0166. The minimum Gasteiger partial charge on any atom is -0.502 e. The normalized spacial score (nSPS) is 11.2. The zero-order valence-corrected chi connectivity index (χ0v) is 14.9. The molecule has 1 aromatic carbocycles. The zero-order valence-electron chi connectivity index (χ0n) is 14.1. The molecule has 0 atom stereocenters. The van der Waals surface area contributed by atoms with Gasteiger partial charge in [0, 0.05) is 6.07 Å². The Labute approximate surface area is 147 Å². The molecular weight excluding hydrogens is 344 g/mol. The highest BCUT2D eigenvalue weighted by Crippen LogP contribution is 2.41. The quantitative estimate of drug-likeness (QED) is 0.372. The van der Waals surface area contributed by atoms with Gasteiger partial charge in [0.15, 0.2) is 5.16 Å². The topological polar surface area (TPSA) is 133 Å². The number of thioether (sulfide) groups is 1. The van der Waals surface area contributed by atoms with Gasteiger partial charge in [-0.3, -0.25) is 14.9 Å². The Morgan fingerprint density at radius 1 is 1.40 bits per heavy atom. The summed E-state index contributed by atoms with van der Waals surface area (Å²) in [5.74, 6) is -0.625. The van der Waals surface area contributed by atoms with Gasteiger partial charge in [0.25, 0.3) is 5.56 Å². The van der Waals surface area contributed by atoms with Crippen LogP contribution in [-0.2, 0) is 5.41 Å². The fourth-order valence-electron chi connectivity index (χ4n) is 2.22. The molecule has 2 N–H and O–H groups in total. The van der Waals surface area contributed by atoms with Crippen LogP contribution >= 0.6 is 11.8 Å². The molecule has 2 aromatic rings. The lowest BCUT2D eigenvalue weighted by atomic mass is 9.85. The van der Waals surface area contributed by atoms with Gasteiger partial charge in [0.2, 0.25) is 5.75 Å². The van der Waals surface area contributed by atoms with Crippen LogP contribution in [-0.4, -0.2) is 26.3 Å². The molecule has 25 heavy (non-hydrogen) atoms. The Balaban J connectivity index is 2.95. The number of aromatic nitrogens is 2. The summed E-state index contributed by atoms with van der Waals surface area (Å²) >= 11 is 1.15. The molecule has 2 rings (SSSR count). The first-order valence-corrected chi connectivity index (χ1v) is 8.43. The fraction of sp³-hybridized carbons (Fsp3) is 0.312. The van der Waals surface area contributed by atoms with Crippen LogP contribution in [0.2, 0.25) is 0 Å². The first-order chi connectivity index (χ1) is 11.6. The summed E-state index contributed by atoms with van der Waals surface area (Å²) in [5, 5.41) is 31.2. The Kier molecular flexibility index (Phi) is 4.85. The van der Waals surface area contributed by atoms with E-state index in [4.69, 9.17) is 0 Å². The molecule has 0 aliphatic heterocycles. The first kappa shape index (κ1) is 18.5. The van der Waals surface area contributed by atoms with Gasteiger partial charge in [0.1, 0.15) is 17.3 Å². The Morgan fingerprint density at radius 3 is 2.52 bits per heavy atom. The van der Waals surface area contributed by atoms with Crippen LogP contribution in [0.15, 0.2) is 22.1 Å². The number of nitro groups is 1. The second-order valence-electron chi connectivity index (χ2n) is 6.31. The maximum absolute atomic E-state index is 12.1. The van der Waals surface area contributed by atoms with E-state index in [1.54, 1.807) is 12.3 Å². The Bertz CT molecular complexity index is 954. The molecule has 8 nitrogen and oxygen atoms in total. The standard InChI is InChI=1S/C16H16N4O4S/c1-16(2,3)8-5-9(13(21)11(6-8)20(23)24)12-10(7-17)14(22)19-15(18-12)25-4/h5-6,21H,1-4H3,(H,18,19,22). The van der Waals surface area contributed by atoms with Crippen molar-refractivity contribution in [2.45, 2.75) is 31.3 Å². The number of H-pyrrole nitrogens is 1. The van der Waals surface area contributed by atoms with Gasteiger partial charge in [-0.2, -0.15) is 5.26 Å². The molecule has 0 spiro atoms. The highest BCUT2D eigenvalue weighted by atomic mass is 32.2. The third kappa shape index (κ3) is 3.49. The molecule has 0 radical (unpaired) electrons. The van der Waals surface area contributed by atoms with Crippen molar-refractivity contribution >= 4 is 17.4 Å². The lowest BCUT2D eigenvalue weighted by molar-refractivity contribution is -0.385. The van der Waals surface area contributed by atoms with Crippen molar-refractivity contribution in [3.8, 4) is 23.1 Å². The summed E-state index contributed by atoms with van der Waals surface area (Å²) in [6.07, 6.45) is 1.68. The van der Waals surface area contributed by atoms with E-state index >= 15 is 0 Å². The second kappa shape index (κ2) is 6.57. The molecule has 0 aliphatic carbocycles. The smallest absolute Gasteiger partial charge is 0.311 e. The van der Waals surface area contributed by atoms with E-state index in [0.29, 0.717) is 5.56 Å². The first-order valence-electron chi connectivity index (χ1n) is 7.20. The van der Waals surface area contributed by atoms with Crippen LogP contribution in [0.3, 0.4) is 0 Å². The van der Waals surface area contributed by atoms with Gasteiger partial charge in [-0.05, 0) is 23.3 Å². The number of phenolic OH excluding ortho intramolecular Hbond substituents is 1. The van der Waals surface area contributed by atoms with Gasteiger partial charge < -0.3 is 10.1 Å². The minimum atomic E-state index is -0.706. The molecule has 0 amide bonds. The maximum Gasteiger partial charge on any atom is 0.311 e. The third-order valence-electron chi connectivity index (χ3n) is 3.61. The molecule has 0 fully saturated rings. The van der Waals surface area contributed by atoms with Crippen molar-refractivity contribution in [1.82, 2.24) is 9.97 Å². The largest absolute Gasteiger partial charge is 0.502 e. The number of hydrogen-bond donors (Lipinski definition) is 2. The highest BCUT2D eigenvalue weighted by molar-refractivity contribution is 7.98. The summed E-state index contributed by atoms with van der Waals surface area (Å²) in [6.45, 7) is 5.57. The maximum atomic E-state index is 12.1. The number of nitriles is 1. The third-order valence-corrected chi connectivity index (χ3v) is 4.19. The van der Waals surface area contributed by atoms with Crippen molar-refractivity contribution in [1.29, 1.82) is 5.26 Å². The van der Waals surface area contributed by atoms with Gasteiger partial charge >= 0.3 is 5.69 Å². The fourth-order valence-corrected chi connectivity index (χ4v) is 2.60. The van der Waals surface area contributed by atoms with E-state index in [1.807, 2.05) is 20.8 Å². The molecule has 1 heterocycles. The lowest BCUT2D eigenvalue weighted by Gasteiger charge is -2.20. The van der Waals surface area contributed by atoms with E-state index in [9.17, 15) is 25.3 Å². The molecular formula is C16H16N4O4S. The molecule has 0 aliphatic rings. The van der Waals surface area contributed by atoms with Crippen molar-refractivity contribution < 1.29 is 10.0 Å². The number of aromatic hydroxyl groups is 1. The predicted octanol–water partition coefficient (Wildman–Crippen LogP) is 2.94. The van der Waals surface area contributed by atoms with E-state index in [2.05, 4.69) is 9.97 Å². The number of nitrogens with one attached hydrogen (secondary N) is 1. The Hall–Kier alpha value is -2.86. The van der Waals surface area contributed by atoms with Crippen molar-refractivity contribution in [3.05, 3.63) is 43.7 Å². The summed E-state index contributed by atoms with van der Waals surface area (Å²) in [4.78, 5) is 29.3. The molecule has 9 heteroatoms. The van der Waals surface area contributed by atoms with E-state index < -0.39 is 27.3 Å². The van der Waals surface area contributed by atoms with Crippen LogP contribution < -0.4 is 5.56 Å². The summed E-state index contributed by atoms with van der Waals surface area (Å²) in [6, 6.07) is 4.56. The summed E-state index contributed by atoms with van der Waals surface area (Å²) in [5.41, 5.74) is -1.46. The Morgan fingerprint density at radius 2 is 2.04 bits per heavy atom. The monoisotopic (exact) mass is 360 g/mol. The summed E-state index contributed by atoms with van der Waals surface area (Å²) < 4.78 is 0. The van der Waals surface area contributed by atoms with Crippen molar-refractivity contribution in [2.24, 2.45) is 0 Å². The predicted molar refractivity (Wildman–Crippen MR) is 93.8 cm³/mol. The van der Waals surface area contributed by atoms with Crippen LogP contribution in [0.4, 0.5) is 5.69 Å². The van der Waals surface area contributed by atoms with Crippen LogP contribution in [0.1, 0.15) is 31.9 Å². The average Bonchev–Trinajstić information content (AvgIpc) is 2.52. The number of hydrogen-bond acceptors (Lipinski definition) is 7. The summed E-state index contributed by atoms with van der Waals surface area (Å²) in [7, 11) is 0. The molecule has 0 saturated heterocycles. The molecule has 130 valence electrons. The van der Waals surface area contributed by atoms with E-state index in [-0.39, 0.29) is 22.0 Å². The molecule has 1 aromatic heterocycles. The van der Waals surface area contributed by atoms with E-state index in [0.717, 1.165) is 11.8 Å². The van der Waals surface area contributed by atoms with Crippen LogP contribution in [0.25, 0.3) is 11.3 Å². The van der Waals surface area contributed by atoms with Crippen molar-refractivity contribution in [3.63, 3.8) is 0 Å². The van der Waals surface area contributed by atoms with Crippen molar-refractivity contribution in [2.75, 3.05) is 6.26 Å².